The van der Waals surface area contributed by atoms with Crippen LogP contribution in [0.1, 0.15) is 0 Å². The van der Waals surface area contributed by atoms with Gasteiger partial charge < -0.3 is 9.92 Å². The number of aromatic nitrogens is 1. The molecule has 0 spiro atoms. The van der Waals surface area contributed by atoms with E-state index in [2.05, 4.69) is 4.98 Å². The Bertz CT molecular complexity index is 603. The molecule has 2 rings (SSSR count). The lowest BCUT2D eigenvalue weighted by atomic mass is 10.3. The third kappa shape index (κ3) is 2.37. The molecule has 0 saturated carbocycles. The van der Waals surface area contributed by atoms with Gasteiger partial charge in [0.05, 0.1) is 16.5 Å². The third-order valence-electron chi connectivity index (χ3n) is 1.62. The molecule has 0 atom stereocenters. The molecule has 0 aliphatic heterocycles. The number of fused-ring (bicyclic) bond motifs is 1. The first-order chi connectivity index (χ1) is 6.94. The highest BCUT2D eigenvalue weighted by molar-refractivity contribution is 7.86. The average molecular weight is 244 g/mol. The van der Waals surface area contributed by atoms with Crippen LogP contribution >= 0.6 is 11.3 Å². The van der Waals surface area contributed by atoms with Crippen LogP contribution in [0, 0.1) is 0 Å². The Morgan fingerprint density at radius 1 is 1.47 bits per heavy atom. The fourth-order valence-corrected chi connectivity index (χ4v) is 2.37. The minimum Gasteiger partial charge on any atom is -0.383 e. The molecule has 0 amide bonds. The maximum absolute atomic E-state index is 10.9. The van der Waals surface area contributed by atoms with Crippen molar-refractivity contribution >= 4 is 36.8 Å². The number of hydrogen-bond donors (Lipinski definition) is 1. The molecule has 0 unspecified atom stereocenters. The maximum atomic E-state index is 10.9. The number of thiazole rings is 1. The SMILES string of the molecule is CS(=O)(=O)Oc1ccc2nc(N)sc2c1. The maximum Gasteiger partial charge on any atom is 0.306 e. The lowest BCUT2D eigenvalue weighted by Crippen LogP contribution is -2.05. The minimum atomic E-state index is -3.49. The van der Waals surface area contributed by atoms with E-state index in [1.165, 1.54) is 11.3 Å². The van der Waals surface area contributed by atoms with Crippen molar-refractivity contribution in [1.29, 1.82) is 0 Å². The monoisotopic (exact) mass is 244 g/mol. The van der Waals surface area contributed by atoms with E-state index in [9.17, 15) is 8.42 Å². The normalized spacial score (nSPS) is 11.8. The fraction of sp³-hybridized carbons (Fsp3) is 0.125. The summed E-state index contributed by atoms with van der Waals surface area (Å²) < 4.78 is 27.3. The Balaban J connectivity index is 2.47. The van der Waals surface area contributed by atoms with Crippen molar-refractivity contribution in [2.75, 3.05) is 12.0 Å². The van der Waals surface area contributed by atoms with Crippen LogP contribution in [0.25, 0.3) is 10.2 Å². The molecule has 1 heterocycles. The van der Waals surface area contributed by atoms with E-state index in [0.717, 1.165) is 16.5 Å². The first-order valence-corrected chi connectivity index (χ1v) is 6.63. The van der Waals surface area contributed by atoms with Crippen molar-refractivity contribution in [3.8, 4) is 5.75 Å². The summed E-state index contributed by atoms with van der Waals surface area (Å²) in [5.74, 6) is 0.272. The van der Waals surface area contributed by atoms with Gasteiger partial charge in [-0.15, -0.1) is 0 Å². The van der Waals surface area contributed by atoms with Crippen molar-refractivity contribution in [2.45, 2.75) is 0 Å². The molecule has 0 radical (unpaired) electrons. The van der Waals surface area contributed by atoms with E-state index in [0.29, 0.717) is 5.13 Å². The van der Waals surface area contributed by atoms with Crippen molar-refractivity contribution in [1.82, 2.24) is 4.98 Å². The van der Waals surface area contributed by atoms with Crippen molar-refractivity contribution in [3.05, 3.63) is 18.2 Å². The molecule has 0 aliphatic carbocycles. The summed E-state index contributed by atoms with van der Waals surface area (Å²) in [6.45, 7) is 0. The van der Waals surface area contributed by atoms with Crippen LogP contribution in [-0.4, -0.2) is 19.7 Å². The van der Waals surface area contributed by atoms with E-state index in [-0.39, 0.29) is 5.75 Å². The van der Waals surface area contributed by atoms with Crippen LogP contribution in [0.15, 0.2) is 18.2 Å². The van der Waals surface area contributed by atoms with E-state index in [1.54, 1.807) is 18.2 Å². The number of anilines is 1. The van der Waals surface area contributed by atoms with Crippen molar-refractivity contribution < 1.29 is 12.6 Å². The average Bonchev–Trinajstić information content (AvgIpc) is 2.40. The second kappa shape index (κ2) is 3.35. The van der Waals surface area contributed by atoms with Crippen molar-refractivity contribution in [3.63, 3.8) is 0 Å². The highest BCUT2D eigenvalue weighted by Crippen LogP contribution is 2.27. The molecule has 0 fully saturated rings. The Labute approximate surface area is 90.6 Å². The number of benzene rings is 1. The zero-order chi connectivity index (χ0) is 11.1. The smallest absolute Gasteiger partial charge is 0.306 e. The number of nitrogen functional groups attached to an aromatic ring is 1. The zero-order valence-electron chi connectivity index (χ0n) is 7.80. The molecule has 80 valence electrons. The lowest BCUT2D eigenvalue weighted by Gasteiger charge is -2.01. The van der Waals surface area contributed by atoms with Crippen LogP contribution in [0.3, 0.4) is 0 Å². The first kappa shape index (κ1) is 10.2. The van der Waals surface area contributed by atoms with E-state index >= 15 is 0 Å². The molecule has 2 aromatic rings. The van der Waals surface area contributed by atoms with E-state index in [4.69, 9.17) is 9.92 Å². The predicted molar refractivity (Wildman–Crippen MR) is 59.5 cm³/mol. The Morgan fingerprint density at radius 2 is 2.20 bits per heavy atom. The van der Waals surface area contributed by atoms with Crippen LogP contribution in [0.4, 0.5) is 5.13 Å². The van der Waals surface area contributed by atoms with Gasteiger partial charge in [0.15, 0.2) is 5.13 Å². The van der Waals surface area contributed by atoms with Gasteiger partial charge in [0, 0.05) is 6.07 Å². The van der Waals surface area contributed by atoms with Gasteiger partial charge in [0.1, 0.15) is 5.75 Å². The lowest BCUT2D eigenvalue weighted by molar-refractivity contribution is 0.493. The van der Waals surface area contributed by atoms with Crippen LogP contribution in [0.2, 0.25) is 0 Å². The Morgan fingerprint density at radius 3 is 2.87 bits per heavy atom. The quantitative estimate of drug-likeness (QED) is 0.803. The first-order valence-electron chi connectivity index (χ1n) is 3.99. The number of nitrogens with zero attached hydrogens (tertiary/aromatic N) is 1. The van der Waals surface area contributed by atoms with Gasteiger partial charge >= 0.3 is 10.1 Å². The summed E-state index contributed by atoms with van der Waals surface area (Å²) >= 11 is 1.28. The molecule has 1 aromatic heterocycles. The van der Waals surface area contributed by atoms with E-state index < -0.39 is 10.1 Å². The van der Waals surface area contributed by atoms with Crippen LogP contribution in [-0.2, 0) is 10.1 Å². The molecule has 0 bridgehead atoms. The zero-order valence-corrected chi connectivity index (χ0v) is 9.43. The highest BCUT2D eigenvalue weighted by atomic mass is 32.2. The molecular weight excluding hydrogens is 236 g/mol. The third-order valence-corrected chi connectivity index (χ3v) is 2.97. The topological polar surface area (TPSA) is 82.3 Å². The number of hydrogen-bond acceptors (Lipinski definition) is 6. The van der Waals surface area contributed by atoms with Gasteiger partial charge in [-0.25, -0.2) is 4.98 Å². The standard InChI is InChI=1S/C8H8N2O3S2/c1-15(11,12)13-5-2-3-6-7(4-5)14-8(9)10-6/h2-4H,1H3,(H2,9,10). The van der Waals surface area contributed by atoms with Gasteiger partial charge in [-0.3, -0.25) is 0 Å². The summed E-state index contributed by atoms with van der Waals surface area (Å²) in [5.41, 5.74) is 6.25. The summed E-state index contributed by atoms with van der Waals surface area (Å²) in [6, 6.07) is 4.82. The molecule has 0 saturated heterocycles. The second-order valence-electron chi connectivity index (χ2n) is 2.97. The summed E-state index contributed by atoms with van der Waals surface area (Å²) in [7, 11) is -3.49. The van der Waals surface area contributed by atoms with Gasteiger partial charge in [-0.2, -0.15) is 8.42 Å². The van der Waals surface area contributed by atoms with Crippen molar-refractivity contribution in [2.24, 2.45) is 0 Å². The summed E-state index contributed by atoms with van der Waals surface area (Å²) in [5, 5.41) is 0.446. The van der Waals surface area contributed by atoms with Crippen LogP contribution in [0.5, 0.6) is 5.75 Å². The molecule has 0 aliphatic rings. The van der Waals surface area contributed by atoms with Gasteiger partial charge in [0.2, 0.25) is 0 Å². The second-order valence-corrected chi connectivity index (χ2v) is 5.61. The number of rotatable bonds is 2. The van der Waals surface area contributed by atoms with Gasteiger partial charge in [-0.1, -0.05) is 11.3 Å². The fourth-order valence-electron chi connectivity index (χ4n) is 1.15. The molecule has 1 aromatic carbocycles. The minimum absolute atomic E-state index is 0.272. The van der Waals surface area contributed by atoms with Gasteiger partial charge in [0.25, 0.3) is 0 Å². The molecule has 5 nitrogen and oxygen atoms in total. The van der Waals surface area contributed by atoms with Crippen LogP contribution < -0.4 is 9.92 Å². The predicted octanol–water partition coefficient (Wildman–Crippen LogP) is 1.22. The summed E-state index contributed by atoms with van der Waals surface area (Å²) in [6.07, 6.45) is 0.998. The molecule has 7 heteroatoms. The highest BCUT2D eigenvalue weighted by Gasteiger charge is 2.07. The Kier molecular flexibility index (Phi) is 2.28. The number of nitrogens with two attached hydrogens (primary N) is 1. The van der Waals surface area contributed by atoms with Gasteiger partial charge in [-0.05, 0) is 12.1 Å². The van der Waals surface area contributed by atoms with E-state index in [1.807, 2.05) is 0 Å². The summed E-state index contributed by atoms with van der Waals surface area (Å²) in [4.78, 5) is 4.04. The largest absolute Gasteiger partial charge is 0.383 e. The molecule has 2 N–H and O–H groups in total. The Hall–Kier alpha value is -1.34. The molecular formula is C8H8N2O3S2. The molecule has 15 heavy (non-hydrogen) atoms.